The molecule has 0 amide bonds. The molecule has 0 saturated carbocycles. The maximum atomic E-state index is 5.59. The maximum absolute atomic E-state index is 5.59. The predicted molar refractivity (Wildman–Crippen MR) is 67.3 cm³/mol. The van der Waals surface area contributed by atoms with Crippen LogP contribution in [-0.4, -0.2) is 29.3 Å². The molecule has 5 heteroatoms. The lowest BCUT2D eigenvalue weighted by Gasteiger charge is -2.19. The average molecular weight is 245 g/mol. The van der Waals surface area contributed by atoms with Gasteiger partial charge in [0.2, 0.25) is 0 Å². The standard InChI is InChI=1S/C13H15N3O2/c14-4-3-11-8-15-9-16(11)10-1-2-12-13(7-10)18-6-5-17-12/h1-2,7-9H,3-6,14H2. The van der Waals surface area contributed by atoms with Gasteiger partial charge in [-0.3, -0.25) is 0 Å². The minimum absolute atomic E-state index is 0.593. The molecule has 2 heterocycles. The molecule has 1 aromatic heterocycles. The van der Waals surface area contributed by atoms with Crippen molar-refractivity contribution in [3.63, 3.8) is 0 Å². The van der Waals surface area contributed by atoms with Gasteiger partial charge >= 0.3 is 0 Å². The van der Waals surface area contributed by atoms with E-state index in [2.05, 4.69) is 4.98 Å². The molecule has 2 aromatic rings. The number of imidazole rings is 1. The quantitative estimate of drug-likeness (QED) is 0.881. The minimum Gasteiger partial charge on any atom is -0.486 e. The predicted octanol–water partition coefficient (Wildman–Crippen LogP) is 1.14. The van der Waals surface area contributed by atoms with Gasteiger partial charge in [0.25, 0.3) is 0 Å². The van der Waals surface area contributed by atoms with Crippen LogP contribution in [0, 0.1) is 0 Å². The van der Waals surface area contributed by atoms with Crippen molar-refractivity contribution in [3.05, 3.63) is 36.4 Å². The Balaban J connectivity index is 1.98. The van der Waals surface area contributed by atoms with Gasteiger partial charge in [0, 0.05) is 24.4 Å². The van der Waals surface area contributed by atoms with Gasteiger partial charge in [0.1, 0.15) is 13.2 Å². The van der Waals surface area contributed by atoms with E-state index in [0.717, 1.165) is 29.3 Å². The Morgan fingerprint density at radius 1 is 1.22 bits per heavy atom. The second-order valence-electron chi connectivity index (χ2n) is 4.12. The lowest BCUT2D eigenvalue weighted by molar-refractivity contribution is 0.171. The molecule has 5 nitrogen and oxygen atoms in total. The van der Waals surface area contributed by atoms with E-state index < -0.39 is 0 Å². The molecule has 18 heavy (non-hydrogen) atoms. The summed E-state index contributed by atoms with van der Waals surface area (Å²) in [6, 6.07) is 5.89. The van der Waals surface area contributed by atoms with Crippen molar-refractivity contribution in [2.75, 3.05) is 19.8 Å². The van der Waals surface area contributed by atoms with E-state index in [1.807, 2.05) is 29.0 Å². The van der Waals surface area contributed by atoms with Gasteiger partial charge in [-0.05, 0) is 18.7 Å². The van der Waals surface area contributed by atoms with Crippen LogP contribution in [0.4, 0.5) is 0 Å². The highest BCUT2D eigenvalue weighted by molar-refractivity contribution is 5.50. The van der Waals surface area contributed by atoms with Crippen LogP contribution in [-0.2, 0) is 6.42 Å². The number of benzene rings is 1. The highest BCUT2D eigenvalue weighted by atomic mass is 16.6. The summed E-state index contributed by atoms with van der Waals surface area (Å²) in [7, 11) is 0. The topological polar surface area (TPSA) is 62.3 Å². The number of aromatic nitrogens is 2. The number of hydrogen-bond donors (Lipinski definition) is 1. The summed E-state index contributed by atoms with van der Waals surface area (Å²) in [5.74, 6) is 1.58. The van der Waals surface area contributed by atoms with Crippen molar-refractivity contribution in [2.45, 2.75) is 6.42 Å². The number of ether oxygens (including phenoxy) is 2. The zero-order valence-electron chi connectivity index (χ0n) is 10.0. The molecule has 0 bridgehead atoms. The lowest BCUT2D eigenvalue weighted by Crippen LogP contribution is -2.15. The summed E-state index contributed by atoms with van der Waals surface area (Å²) >= 11 is 0. The Bertz CT molecular complexity index is 551. The molecule has 0 radical (unpaired) electrons. The SMILES string of the molecule is NCCc1cncn1-c1ccc2c(c1)OCCO2. The Labute approximate surface area is 105 Å². The number of fused-ring (bicyclic) bond motifs is 1. The third-order valence-electron chi connectivity index (χ3n) is 2.92. The smallest absolute Gasteiger partial charge is 0.163 e. The Morgan fingerprint density at radius 3 is 2.89 bits per heavy atom. The van der Waals surface area contributed by atoms with Crippen molar-refractivity contribution in [1.82, 2.24) is 9.55 Å². The summed E-state index contributed by atoms with van der Waals surface area (Å²) < 4.78 is 13.1. The van der Waals surface area contributed by atoms with E-state index in [1.165, 1.54) is 0 Å². The van der Waals surface area contributed by atoms with Crippen LogP contribution < -0.4 is 15.2 Å². The van der Waals surface area contributed by atoms with Crippen LogP contribution in [0.2, 0.25) is 0 Å². The molecule has 94 valence electrons. The van der Waals surface area contributed by atoms with E-state index in [0.29, 0.717) is 19.8 Å². The normalized spacial score (nSPS) is 13.6. The van der Waals surface area contributed by atoms with Gasteiger partial charge in [0.05, 0.1) is 12.0 Å². The second-order valence-corrected chi connectivity index (χ2v) is 4.12. The van der Waals surface area contributed by atoms with E-state index in [1.54, 1.807) is 6.33 Å². The Hall–Kier alpha value is -2.01. The minimum atomic E-state index is 0.593. The summed E-state index contributed by atoms with van der Waals surface area (Å²) in [5, 5.41) is 0. The molecule has 3 rings (SSSR count). The molecule has 0 unspecified atom stereocenters. The highest BCUT2D eigenvalue weighted by Gasteiger charge is 2.13. The van der Waals surface area contributed by atoms with Crippen LogP contribution >= 0.6 is 0 Å². The first-order valence-corrected chi connectivity index (χ1v) is 6.00. The fourth-order valence-corrected chi connectivity index (χ4v) is 2.07. The van der Waals surface area contributed by atoms with Crippen LogP contribution in [0.3, 0.4) is 0 Å². The van der Waals surface area contributed by atoms with Gasteiger partial charge in [-0.2, -0.15) is 0 Å². The molecule has 1 aliphatic heterocycles. The average Bonchev–Trinajstić information content (AvgIpc) is 2.87. The van der Waals surface area contributed by atoms with E-state index in [9.17, 15) is 0 Å². The van der Waals surface area contributed by atoms with E-state index >= 15 is 0 Å². The van der Waals surface area contributed by atoms with Crippen LogP contribution in [0.25, 0.3) is 5.69 Å². The van der Waals surface area contributed by atoms with Crippen molar-refractivity contribution in [1.29, 1.82) is 0 Å². The van der Waals surface area contributed by atoms with Gasteiger partial charge in [0.15, 0.2) is 11.5 Å². The number of nitrogens with zero attached hydrogens (tertiary/aromatic N) is 2. The Morgan fingerprint density at radius 2 is 2.06 bits per heavy atom. The first-order valence-electron chi connectivity index (χ1n) is 6.00. The van der Waals surface area contributed by atoms with Gasteiger partial charge in [-0.15, -0.1) is 0 Å². The maximum Gasteiger partial charge on any atom is 0.163 e. The molecule has 1 aliphatic rings. The number of nitrogens with two attached hydrogens (primary N) is 1. The monoisotopic (exact) mass is 245 g/mol. The molecular formula is C13H15N3O2. The molecule has 1 aromatic carbocycles. The van der Waals surface area contributed by atoms with Crippen molar-refractivity contribution < 1.29 is 9.47 Å². The van der Waals surface area contributed by atoms with Crippen molar-refractivity contribution in [2.24, 2.45) is 5.73 Å². The van der Waals surface area contributed by atoms with Crippen molar-refractivity contribution in [3.8, 4) is 17.2 Å². The van der Waals surface area contributed by atoms with Crippen LogP contribution in [0.5, 0.6) is 11.5 Å². The number of rotatable bonds is 3. The van der Waals surface area contributed by atoms with Crippen molar-refractivity contribution >= 4 is 0 Å². The Kier molecular flexibility index (Phi) is 2.90. The second kappa shape index (κ2) is 4.70. The molecular weight excluding hydrogens is 230 g/mol. The first-order chi connectivity index (χ1) is 8.88. The molecule has 2 N–H and O–H groups in total. The van der Waals surface area contributed by atoms with Crippen LogP contribution in [0.1, 0.15) is 5.69 Å². The molecule has 0 spiro atoms. The summed E-state index contributed by atoms with van der Waals surface area (Å²) in [6.45, 7) is 1.81. The summed E-state index contributed by atoms with van der Waals surface area (Å²) in [6.07, 6.45) is 4.43. The molecule has 0 aliphatic carbocycles. The van der Waals surface area contributed by atoms with Gasteiger partial charge in [-0.1, -0.05) is 0 Å². The fraction of sp³-hybridized carbons (Fsp3) is 0.308. The lowest BCUT2D eigenvalue weighted by atomic mass is 10.2. The molecule has 0 atom stereocenters. The third kappa shape index (κ3) is 1.93. The molecule has 0 saturated heterocycles. The summed E-state index contributed by atoms with van der Waals surface area (Å²) in [4.78, 5) is 4.16. The van der Waals surface area contributed by atoms with E-state index in [4.69, 9.17) is 15.2 Å². The van der Waals surface area contributed by atoms with Crippen LogP contribution in [0.15, 0.2) is 30.7 Å². The van der Waals surface area contributed by atoms with Gasteiger partial charge < -0.3 is 19.8 Å². The summed E-state index contributed by atoms with van der Waals surface area (Å²) in [5.41, 5.74) is 7.70. The third-order valence-corrected chi connectivity index (χ3v) is 2.92. The zero-order valence-corrected chi connectivity index (χ0v) is 10.0. The highest BCUT2D eigenvalue weighted by Crippen LogP contribution is 2.32. The zero-order chi connectivity index (χ0) is 12.4. The number of hydrogen-bond acceptors (Lipinski definition) is 4. The van der Waals surface area contributed by atoms with Gasteiger partial charge in [-0.25, -0.2) is 4.98 Å². The fourth-order valence-electron chi connectivity index (χ4n) is 2.07. The van der Waals surface area contributed by atoms with E-state index in [-0.39, 0.29) is 0 Å². The molecule has 0 fully saturated rings. The largest absolute Gasteiger partial charge is 0.486 e. The first kappa shape index (κ1) is 11.1.